The second-order valence-corrected chi connectivity index (χ2v) is 8.94. The SMILES string of the molecule is Cc1cccc(C)c1OC(=O)c1cccc(S(=O)(=O)N2CC[NH+](C)CC2)c1. The average Bonchev–Trinajstić information content (AvgIpc) is 2.65. The number of carbonyl (C=O) groups is 1. The van der Waals surface area contributed by atoms with Gasteiger partial charge in [-0.15, -0.1) is 0 Å². The molecule has 1 aliphatic heterocycles. The van der Waals surface area contributed by atoms with Crippen LogP contribution in [0.2, 0.25) is 0 Å². The molecule has 1 aliphatic rings. The zero-order chi connectivity index (χ0) is 19.6. The topological polar surface area (TPSA) is 68.1 Å². The van der Waals surface area contributed by atoms with Crippen molar-refractivity contribution in [3.63, 3.8) is 0 Å². The van der Waals surface area contributed by atoms with Crippen molar-refractivity contribution in [2.45, 2.75) is 18.7 Å². The van der Waals surface area contributed by atoms with Gasteiger partial charge in [0.05, 0.1) is 43.7 Å². The van der Waals surface area contributed by atoms with E-state index in [2.05, 4.69) is 0 Å². The number of esters is 1. The molecule has 1 fully saturated rings. The van der Waals surface area contributed by atoms with E-state index in [1.807, 2.05) is 39.1 Å². The van der Waals surface area contributed by atoms with E-state index >= 15 is 0 Å². The number of carbonyl (C=O) groups excluding carboxylic acids is 1. The number of nitrogens with zero attached hydrogens (tertiary/aromatic N) is 1. The fraction of sp³-hybridized carbons (Fsp3) is 0.350. The maximum atomic E-state index is 12.9. The molecule has 0 amide bonds. The zero-order valence-electron chi connectivity index (χ0n) is 15.9. The summed E-state index contributed by atoms with van der Waals surface area (Å²) in [6.07, 6.45) is 0. The minimum absolute atomic E-state index is 0.123. The number of rotatable bonds is 4. The number of hydrogen-bond donors (Lipinski definition) is 1. The minimum Gasteiger partial charge on any atom is -0.422 e. The highest BCUT2D eigenvalue weighted by atomic mass is 32.2. The first kappa shape index (κ1) is 19.5. The first-order valence-corrected chi connectivity index (χ1v) is 10.4. The molecule has 7 heteroatoms. The van der Waals surface area contributed by atoms with E-state index in [0.29, 0.717) is 18.8 Å². The smallest absolute Gasteiger partial charge is 0.343 e. The fourth-order valence-corrected chi connectivity index (χ4v) is 4.64. The molecule has 0 aromatic heterocycles. The highest BCUT2D eigenvalue weighted by Crippen LogP contribution is 2.24. The number of ether oxygens (including phenoxy) is 1. The summed E-state index contributed by atoms with van der Waals surface area (Å²) < 4.78 is 32.8. The molecule has 0 spiro atoms. The van der Waals surface area contributed by atoms with E-state index in [9.17, 15) is 13.2 Å². The maximum absolute atomic E-state index is 12.9. The van der Waals surface area contributed by atoms with Gasteiger partial charge < -0.3 is 9.64 Å². The van der Waals surface area contributed by atoms with Crippen LogP contribution < -0.4 is 9.64 Å². The molecule has 0 unspecified atom stereocenters. The van der Waals surface area contributed by atoms with Crippen LogP contribution in [0.1, 0.15) is 21.5 Å². The van der Waals surface area contributed by atoms with Crippen molar-refractivity contribution >= 4 is 16.0 Å². The molecule has 2 aromatic rings. The van der Waals surface area contributed by atoms with Crippen LogP contribution >= 0.6 is 0 Å². The van der Waals surface area contributed by atoms with Gasteiger partial charge in [0.1, 0.15) is 5.75 Å². The molecular weight excluding hydrogens is 364 g/mol. The molecule has 1 N–H and O–H groups in total. The van der Waals surface area contributed by atoms with Crippen molar-refractivity contribution in [2.75, 3.05) is 33.2 Å². The van der Waals surface area contributed by atoms with Crippen LogP contribution in [0, 0.1) is 13.8 Å². The Hall–Kier alpha value is -2.22. The Kier molecular flexibility index (Phi) is 5.64. The first-order valence-electron chi connectivity index (χ1n) is 8.99. The van der Waals surface area contributed by atoms with E-state index in [0.717, 1.165) is 24.2 Å². The van der Waals surface area contributed by atoms with Crippen molar-refractivity contribution in [1.82, 2.24) is 4.31 Å². The van der Waals surface area contributed by atoms with Crippen molar-refractivity contribution in [2.24, 2.45) is 0 Å². The van der Waals surface area contributed by atoms with Gasteiger partial charge in [-0.25, -0.2) is 13.2 Å². The average molecular weight is 389 g/mol. The van der Waals surface area contributed by atoms with Crippen LogP contribution in [-0.4, -0.2) is 51.9 Å². The molecule has 2 aromatic carbocycles. The van der Waals surface area contributed by atoms with Crippen LogP contribution in [0.25, 0.3) is 0 Å². The largest absolute Gasteiger partial charge is 0.422 e. The normalized spacial score (nSPS) is 16.3. The van der Waals surface area contributed by atoms with Gasteiger partial charge in [0.25, 0.3) is 0 Å². The number of quaternary nitrogens is 1. The van der Waals surface area contributed by atoms with Gasteiger partial charge >= 0.3 is 5.97 Å². The number of likely N-dealkylation sites (N-methyl/N-ethyl adjacent to an activating group) is 1. The van der Waals surface area contributed by atoms with Crippen molar-refractivity contribution in [3.8, 4) is 5.75 Å². The summed E-state index contributed by atoms with van der Waals surface area (Å²) >= 11 is 0. The second-order valence-electron chi connectivity index (χ2n) is 7.00. The van der Waals surface area contributed by atoms with Crippen LogP contribution in [0.15, 0.2) is 47.4 Å². The van der Waals surface area contributed by atoms with Gasteiger partial charge in [-0.2, -0.15) is 4.31 Å². The summed E-state index contributed by atoms with van der Waals surface area (Å²) in [4.78, 5) is 14.0. The molecule has 1 heterocycles. The Morgan fingerprint density at radius 1 is 1.04 bits per heavy atom. The molecule has 0 bridgehead atoms. The monoisotopic (exact) mass is 389 g/mol. The molecular formula is C20H25N2O4S+. The Balaban J connectivity index is 1.84. The number of benzene rings is 2. The van der Waals surface area contributed by atoms with Crippen LogP contribution in [0.5, 0.6) is 5.75 Å². The maximum Gasteiger partial charge on any atom is 0.343 e. The molecule has 27 heavy (non-hydrogen) atoms. The fourth-order valence-electron chi connectivity index (χ4n) is 3.15. The quantitative estimate of drug-likeness (QED) is 0.627. The lowest BCUT2D eigenvalue weighted by Gasteiger charge is -2.29. The lowest BCUT2D eigenvalue weighted by atomic mass is 10.1. The Morgan fingerprint density at radius 3 is 2.26 bits per heavy atom. The number of sulfonamides is 1. The highest BCUT2D eigenvalue weighted by Gasteiger charge is 2.29. The summed E-state index contributed by atoms with van der Waals surface area (Å²) in [6.45, 7) is 6.23. The second kappa shape index (κ2) is 7.80. The van der Waals surface area contributed by atoms with E-state index < -0.39 is 16.0 Å². The van der Waals surface area contributed by atoms with Crippen molar-refractivity contribution in [3.05, 3.63) is 59.2 Å². The minimum atomic E-state index is -3.62. The van der Waals surface area contributed by atoms with Gasteiger partial charge in [0.2, 0.25) is 10.0 Å². The molecule has 0 atom stereocenters. The Bertz CT molecular complexity index is 928. The van der Waals surface area contributed by atoms with Crippen LogP contribution in [0.3, 0.4) is 0 Å². The van der Waals surface area contributed by atoms with Crippen LogP contribution in [0.4, 0.5) is 0 Å². The third-order valence-electron chi connectivity index (χ3n) is 4.89. The highest BCUT2D eigenvalue weighted by molar-refractivity contribution is 7.89. The van der Waals surface area contributed by atoms with Gasteiger partial charge in [-0.05, 0) is 43.2 Å². The van der Waals surface area contributed by atoms with E-state index in [1.54, 1.807) is 12.1 Å². The van der Waals surface area contributed by atoms with E-state index in [4.69, 9.17) is 4.74 Å². The molecule has 6 nitrogen and oxygen atoms in total. The van der Waals surface area contributed by atoms with Crippen molar-refractivity contribution in [1.29, 1.82) is 0 Å². The summed E-state index contributed by atoms with van der Waals surface area (Å²) in [5.41, 5.74) is 1.93. The van der Waals surface area contributed by atoms with Crippen LogP contribution in [-0.2, 0) is 10.0 Å². The predicted molar refractivity (Wildman–Crippen MR) is 103 cm³/mol. The number of para-hydroxylation sites is 1. The van der Waals surface area contributed by atoms with Gasteiger partial charge in [-0.1, -0.05) is 24.3 Å². The first-order chi connectivity index (χ1) is 12.8. The molecule has 0 aliphatic carbocycles. The molecule has 3 rings (SSSR count). The zero-order valence-corrected chi connectivity index (χ0v) is 16.7. The van der Waals surface area contributed by atoms with E-state index in [1.165, 1.54) is 21.3 Å². The number of nitrogens with one attached hydrogen (secondary N) is 1. The molecule has 144 valence electrons. The summed E-state index contributed by atoms with van der Waals surface area (Å²) in [7, 11) is -1.57. The Labute approximate surface area is 160 Å². The summed E-state index contributed by atoms with van der Waals surface area (Å²) in [6, 6.07) is 11.7. The third kappa shape index (κ3) is 4.21. The standard InChI is InChI=1S/C20H24N2O4S/c1-15-6-4-7-16(2)19(15)26-20(23)17-8-5-9-18(14-17)27(24,25)22-12-10-21(3)11-13-22/h4-9,14H,10-13H2,1-3H3/p+1. The lowest BCUT2D eigenvalue weighted by Crippen LogP contribution is -3.12. The van der Waals surface area contributed by atoms with Crippen molar-refractivity contribution < 1.29 is 22.8 Å². The Morgan fingerprint density at radius 2 is 1.63 bits per heavy atom. The number of aryl methyl sites for hydroxylation is 2. The summed E-state index contributed by atoms with van der Waals surface area (Å²) in [5, 5.41) is 0. The van der Waals surface area contributed by atoms with Gasteiger partial charge in [-0.3, -0.25) is 0 Å². The molecule has 0 radical (unpaired) electrons. The third-order valence-corrected chi connectivity index (χ3v) is 6.78. The van der Waals surface area contributed by atoms with Gasteiger partial charge in [0, 0.05) is 0 Å². The molecule has 1 saturated heterocycles. The summed E-state index contributed by atoms with van der Waals surface area (Å²) in [5.74, 6) is -0.0509. The van der Waals surface area contributed by atoms with Gasteiger partial charge in [0.15, 0.2) is 0 Å². The number of hydrogen-bond acceptors (Lipinski definition) is 4. The number of piperazine rings is 1. The lowest BCUT2D eigenvalue weighted by molar-refractivity contribution is -0.883. The molecule has 0 saturated carbocycles. The van der Waals surface area contributed by atoms with E-state index in [-0.39, 0.29) is 10.5 Å². The predicted octanol–water partition coefficient (Wildman–Crippen LogP) is 1.04.